The Bertz CT molecular complexity index is 1440. The predicted molar refractivity (Wildman–Crippen MR) is 135 cm³/mol. The normalized spacial score (nSPS) is 14.1. The molecule has 0 spiro atoms. The first-order chi connectivity index (χ1) is 15.0. The maximum absolute atomic E-state index is 13.4. The van der Waals surface area contributed by atoms with Crippen LogP contribution in [-0.4, -0.2) is 15.5 Å². The van der Waals surface area contributed by atoms with Gasteiger partial charge in [-0.2, -0.15) is 0 Å². The fraction of sp³-hybridized carbons (Fsp3) is 0.0417. The van der Waals surface area contributed by atoms with E-state index in [1.54, 1.807) is 10.6 Å². The van der Waals surface area contributed by atoms with E-state index in [1.807, 2.05) is 66.7 Å². The molecule has 1 amide bonds. The Balaban J connectivity index is 1.75. The summed E-state index contributed by atoms with van der Waals surface area (Å²) in [5, 5.41) is 3.44. The third-order valence-electron chi connectivity index (χ3n) is 5.17. The molecule has 152 valence electrons. The van der Waals surface area contributed by atoms with E-state index in [0.717, 1.165) is 24.9 Å². The van der Waals surface area contributed by atoms with E-state index in [1.165, 1.54) is 0 Å². The lowest BCUT2D eigenvalue weighted by Gasteiger charge is -2.12. The van der Waals surface area contributed by atoms with Crippen molar-refractivity contribution in [3.63, 3.8) is 0 Å². The summed E-state index contributed by atoms with van der Waals surface area (Å²) < 4.78 is 3.47. The van der Waals surface area contributed by atoms with Crippen LogP contribution in [0.5, 0.6) is 0 Å². The number of anilines is 1. The van der Waals surface area contributed by atoms with Crippen molar-refractivity contribution in [2.24, 2.45) is 0 Å². The molecule has 0 saturated heterocycles. The number of benzene rings is 3. The summed E-state index contributed by atoms with van der Waals surface area (Å²) in [7, 11) is 0. The number of carbonyl (C=O) groups excluding carboxylic acids is 1. The monoisotopic (exact) mass is 583 g/mol. The van der Waals surface area contributed by atoms with Gasteiger partial charge in [0.2, 0.25) is 0 Å². The molecule has 3 aromatic carbocycles. The second-order valence-corrected chi connectivity index (χ2v) is 9.37. The fourth-order valence-corrected chi connectivity index (χ4v) is 4.52. The van der Waals surface area contributed by atoms with Gasteiger partial charge in [-0.25, -0.2) is 4.98 Å². The number of nitrogens with zero attached hydrogens (tertiary/aromatic N) is 2. The Kier molecular flexibility index (Phi) is 5.23. The van der Waals surface area contributed by atoms with E-state index in [0.29, 0.717) is 28.8 Å². The average Bonchev–Trinajstić information content (AvgIpc) is 3.06. The lowest BCUT2D eigenvalue weighted by molar-refractivity contribution is -0.110. The van der Waals surface area contributed by atoms with E-state index < -0.39 is 0 Å². The summed E-state index contributed by atoms with van der Waals surface area (Å²) in [6, 6.07) is 21.0. The molecule has 5 nitrogen and oxygen atoms in total. The number of halogens is 2. The van der Waals surface area contributed by atoms with Crippen LogP contribution in [0.2, 0.25) is 0 Å². The molecule has 1 aliphatic rings. The van der Waals surface area contributed by atoms with Crippen LogP contribution in [0.3, 0.4) is 0 Å². The molecule has 0 unspecified atom stereocenters. The summed E-state index contributed by atoms with van der Waals surface area (Å²) >= 11 is 5.66. The van der Waals surface area contributed by atoms with Crippen LogP contribution in [0.15, 0.2) is 76.0 Å². The molecule has 5 rings (SSSR count). The molecule has 4 aromatic rings. The van der Waals surface area contributed by atoms with Gasteiger partial charge >= 0.3 is 0 Å². The third kappa shape index (κ3) is 3.83. The van der Waals surface area contributed by atoms with E-state index in [2.05, 4.69) is 43.8 Å². The first kappa shape index (κ1) is 20.1. The van der Waals surface area contributed by atoms with Crippen molar-refractivity contribution in [3.05, 3.63) is 102 Å². The number of rotatable bonds is 3. The zero-order chi connectivity index (χ0) is 21.5. The maximum Gasteiger partial charge on any atom is 0.261 e. The molecule has 0 bridgehead atoms. The first-order valence-electron chi connectivity index (χ1n) is 9.56. The van der Waals surface area contributed by atoms with E-state index in [4.69, 9.17) is 4.98 Å². The summed E-state index contributed by atoms with van der Waals surface area (Å²) in [5.41, 5.74) is 3.46. The zero-order valence-electron chi connectivity index (χ0n) is 16.1. The molecule has 0 saturated carbocycles. The molecule has 0 atom stereocenters. The van der Waals surface area contributed by atoms with Gasteiger partial charge in [0.15, 0.2) is 0 Å². The average molecular weight is 584 g/mol. The van der Waals surface area contributed by atoms with Crippen molar-refractivity contribution in [3.8, 4) is 0 Å². The number of nitrogens with one attached hydrogen (secondary N) is 1. The Labute approximate surface area is 200 Å². The van der Waals surface area contributed by atoms with Crippen LogP contribution in [0, 0.1) is 3.57 Å². The van der Waals surface area contributed by atoms with Crippen molar-refractivity contribution >= 4 is 72.7 Å². The largest absolute Gasteiger partial charge is 0.321 e. The molecule has 1 aromatic heterocycles. The lowest BCUT2D eigenvalue weighted by Crippen LogP contribution is -2.25. The van der Waals surface area contributed by atoms with Gasteiger partial charge in [0.25, 0.3) is 11.5 Å². The molecule has 31 heavy (non-hydrogen) atoms. The van der Waals surface area contributed by atoms with Gasteiger partial charge in [0, 0.05) is 19.3 Å². The number of amides is 1. The smallest absolute Gasteiger partial charge is 0.261 e. The molecule has 1 aliphatic heterocycles. The number of hydrogen-bond donors (Lipinski definition) is 1. The third-order valence-corrected chi connectivity index (χ3v) is 6.33. The SMILES string of the molecule is O=C1Nc2ccc(Br)cc2/C1=C/c1nc2ccc(I)cc2c(=O)n1Cc1ccccc1. The van der Waals surface area contributed by atoms with Gasteiger partial charge in [-0.3, -0.25) is 14.2 Å². The maximum atomic E-state index is 13.4. The molecule has 1 N–H and O–H groups in total. The van der Waals surface area contributed by atoms with Gasteiger partial charge in [-0.05, 0) is 70.6 Å². The van der Waals surface area contributed by atoms with Gasteiger partial charge in [-0.1, -0.05) is 46.3 Å². The Morgan fingerprint density at radius 1 is 1.03 bits per heavy atom. The van der Waals surface area contributed by atoms with Gasteiger partial charge in [-0.15, -0.1) is 0 Å². The van der Waals surface area contributed by atoms with E-state index in [-0.39, 0.29) is 11.5 Å². The van der Waals surface area contributed by atoms with Crippen LogP contribution in [0.4, 0.5) is 5.69 Å². The molecule has 0 radical (unpaired) electrons. The quantitative estimate of drug-likeness (QED) is 0.263. The molecular weight excluding hydrogens is 569 g/mol. The summed E-state index contributed by atoms with van der Waals surface area (Å²) in [4.78, 5) is 30.9. The highest BCUT2D eigenvalue weighted by molar-refractivity contribution is 14.1. The zero-order valence-corrected chi connectivity index (χ0v) is 19.8. The van der Waals surface area contributed by atoms with Gasteiger partial charge in [0.05, 0.1) is 23.0 Å². The first-order valence-corrected chi connectivity index (χ1v) is 11.4. The van der Waals surface area contributed by atoms with Crippen LogP contribution in [0.1, 0.15) is 17.0 Å². The second-order valence-electron chi connectivity index (χ2n) is 7.21. The summed E-state index contributed by atoms with van der Waals surface area (Å²) in [6.45, 7) is 0.361. The van der Waals surface area contributed by atoms with Crippen molar-refractivity contribution in [1.29, 1.82) is 0 Å². The second kappa shape index (κ2) is 8.05. The number of hydrogen-bond acceptors (Lipinski definition) is 3. The van der Waals surface area contributed by atoms with Crippen LogP contribution in [0.25, 0.3) is 22.6 Å². The standard InChI is InChI=1S/C24H15BrIN3O2/c25-15-6-8-20-17(10-15)18(23(30)28-20)12-22-27-21-9-7-16(26)11-19(21)24(31)29(22)13-14-4-2-1-3-5-14/h1-12H,13H2,(H,28,30)/b18-12-. The Hall–Kier alpha value is -2.78. The minimum atomic E-state index is -0.212. The lowest BCUT2D eigenvalue weighted by atomic mass is 10.1. The topological polar surface area (TPSA) is 64.0 Å². The molecule has 0 aliphatic carbocycles. The molecule has 0 fully saturated rings. The van der Waals surface area contributed by atoms with Crippen LogP contribution in [-0.2, 0) is 11.3 Å². The van der Waals surface area contributed by atoms with Gasteiger partial charge in [0.1, 0.15) is 5.82 Å². The highest BCUT2D eigenvalue weighted by atomic mass is 127. The fourth-order valence-electron chi connectivity index (χ4n) is 3.67. The predicted octanol–water partition coefficient (Wildman–Crippen LogP) is 5.30. The molecular formula is C24H15BrIN3O2. The summed E-state index contributed by atoms with van der Waals surface area (Å²) in [5.74, 6) is 0.233. The molecule has 7 heteroatoms. The highest BCUT2D eigenvalue weighted by Crippen LogP contribution is 2.35. The van der Waals surface area contributed by atoms with Crippen molar-refractivity contribution in [1.82, 2.24) is 9.55 Å². The minimum Gasteiger partial charge on any atom is -0.321 e. The summed E-state index contributed by atoms with van der Waals surface area (Å²) in [6.07, 6.45) is 1.70. The number of aromatic nitrogens is 2. The van der Waals surface area contributed by atoms with Crippen LogP contribution < -0.4 is 10.9 Å². The highest BCUT2D eigenvalue weighted by Gasteiger charge is 2.25. The number of carbonyl (C=O) groups is 1. The number of fused-ring (bicyclic) bond motifs is 2. The van der Waals surface area contributed by atoms with Crippen molar-refractivity contribution in [2.75, 3.05) is 5.32 Å². The Morgan fingerprint density at radius 2 is 1.84 bits per heavy atom. The Morgan fingerprint density at radius 3 is 2.65 bits per heavy atom. The minimum absolute atomic E-state index is 0.132. The van der Waals surface area contributed by atoms with E-state index in [9.17, 15) is 9.59 Å². The van der Waals surface area contributed by atoms with Gasteiger partial charge < -0.3 is 5.32 Å². The van der Waals surface area contributed by atoms with Crippen molar-refractivity contribution < 1.29 is 4.79 Å². The van der Waals surface area contributed by atoms with E-state index >= 15 is 0 Å². The van der Waals surface area contributed by atoms with Crippen molar-refractivity contribution in [2.45, 2.75) is 6.54 Å². The molecule has 2 heterocycles. The van der Waals surface area contributed by atoms with Crippen LogP contribution >= 0.6 is 38.5 Å².